The number of aromatic nitrogens is 1. The minimum Gasteiger partial charge on any atom is -0.459 e. The number of carbonyl (C=O) groups is 1. The summed E-state index contributed by atoms with van der Waals surface area (Å²) >= 11 is 0. The Hall–Kier alpha value is -1.34. The topological polar surface area (TPSA) is 88.3 Å². The van der Waals surface area contributed by atoms with Crippen LogP contribution < -0.4 is 4.72 Å². The fourth-order valence-electron chi connectivity index (χ4n) is 1.21. The molecule has 0 unspecified atom stereocenters. The molecule has 0 aromatic carbocycles. The Labute approximate surface area is 107 Å². The molecular weight excluding hydrogens is 256 g/mol. The quantitative estimate of drug-likeness (QED) is 0.802. The average molecular weight is 274 g/mol. The monoisotopic (exact) mass is 274 g/mol. The number of hydrogen-bond donors (Lipinski definition) is 2. The third kappa shape index (κ3) is 4.15. The van der Waals surface area contributed by atoms with E-state index in [2.05, 4.69) is 9.71 Å². The van der Waals surface area contributed by atoms with Crippen molar-refractivity contribution < 1.29 is 17.9 Å². The zero-order valence-corrected chi connectivity index (χ0v) is 11.7. The van der Waals surface area contributed by atoms with Gasteiger partial charge in [0.15, 0.2) is 0 Å². The van der Waals surface area contributed by atoms with Crippen molar-refractivity contribution in [1.82, 2.24) is 9.71 Å². The summed E-state index contributed by atoms with van der Waals surface area (Å²) in [6, 6.07) is 0.466. The molecule has 2 N–H and O–H groups in total. The van der Waals surface area contributed by atoms with E-state index < -0.39 is 27.6 Å². The molecule has 0 saturated carbocycles. The minimum atomic E-state index is -3.70. The van der Waals surface area contributed by atoms with E-state index in [-0.39, 0.29) is 4.90 Å². The Morgan fingerprint density at radius 1 is 1.44 bits per heavy atom. The van der Waals surface area contributed by atoms with Crippen LogP contribution in [-0.4, -0.2) is 31.0 Å². The first-order valence-electron chi connectivity index (χ1n) is 5.50. The Kier molecular flexibility index (Phi) is 4.18. The fourth-order valence-corrected chi connectivity index (χ4v) is 2.38. The number of sulfonamides is 1. The molecule has 0 radical (unpaired) electrons. The number of hydrogen-bond acceptors (Lipinski definition) is 4. The van der Waals surface area contributed by atoms with Crippen LogP contribution in [0.15, 0.2) is 23.4 Å². The average Bonchev–Trinajstić information content (AvgIpc) is 2.66. The third-order valence-corrected chi connectivity index (χ3v) is 3.51. The Morgan fingerprint density at radius 2 is 2.06 bits per heavy atom. The Morgan fingerprint density at radius 3 is 2.50 bits per heavy atom. The first kappa shape index (κ1) is 14.7. The maximum atomic E-state index is 11.8. The smallest absolute Gasteiger partial charge is 0.324 e. The van der Waals surface area contributed by atoms with Gasteiger partial charge < -0.3 is 9.72 Å². The Bertz CT molecular complexity index is 500. The predicted octanol–water partition coefficient (Wildman–Crippen LogP) is 1.02. The zero-order chi connectivity index (χ0) is 14.0. The molecule has 0 aliphatic carbocycles. The molecule has 0 fully saturated rings. The zero-order valence-electron chi connectivity index (χ0n) is 10.9. The number of esters is 1. The lowest BCUT2D eigenvalue weighted by Crippen LogP contribution is -2.42. The van der Waals surface area contributed by atoms with E-state index in [9.17, 15) is 13.2 Å². The molecule has 1 aromatic rings. The van der Waals surface area contributed by atoms with Gasteiger partial charge in [-0.25, -0.2) is 8.42 Å². The summed E-state index contributed by atoms with van der Waals surface area (Å²) in [4.78, 5) is 14.4. The number of aromatic amines is 1. The molecule has 0 bridgehead atoms. The molecule has 0 aliphatic heterocycles. The van der Waals surface area contributed by atoms with Gasteiger partial charge >= 0.3 is 5.97 Å². The summed E-state index contributed by atoms with van der Waals surface area (Å²) in [7, 11) is -3.70. The Balaban J connectivity index is 2.71. The highest BCUT2D eigenvalue weighted by atomic mass is 32.2. The SMILES string of the molecule is C[C@@H](NS(=O)(=O)c1cc[nH]c1)C(=O)OC(C)(C)C. The molecule has 0 amide bonds. The van der Waals surface area contributed by atoms with E-state index in [4.69, 9.17) is 4.74 Å². The van der Waals surface area contributed by atoms with Crippen LogP contribution in [0.5, 0.6) is 0 Å². The van der Waals surface area contributed by atoms with Gasteiger partial charge in [0.2, 0.25) is 10.0 Å². The highest BCUT2D eigenvalue weighted by molar-refractivity contribution is 7.89. The van der Waals surface area contributed by atoms with E-state index in [1.165, 1.54) is 25.4 Å². The van der Waals surface area contributed by atoms with Gasteiger partial charge in [0.25, 0.3) is 0 Å². The van der Waals surface area contributed by atoms with Crippen molar-refractivity contribution in [2.24, 2.45) is 0 Å². The molecule has 0 aliphatic rings. The highest BCUT2D eigenvalue weighted by Crippen LogP contribution is 2.11. The van der Waals surface area contributed by atoms with Crippen molar-refractivity contribution in [2.45, 2.75) is 44.2 Å². The lowest BCUT2D eigenvalue weighted by molar-refractivity contribution is -0.156. The van der Waals surface area contributed by atoms with E-state index in [1.807, 2.05) is 0 Å². The van der Waals surface area contributed by atoms with Crippen molar-refractivity contribution in [1.29, 1.82) is 0 Å². The van der Waals surface area contributed by atoms with E-state index in [0.29, 0.717) is 0 Å². The van der Waals surface area contributed by atoms with E-state index >= 15 is 0 Å². The second-order valence-corrected chi connectivity index (χ2v) is 6.64. The molecule has 1 aromatic heterocycles. The molecule has 1 rings (SSSR count). The number of rotatable bonds is 4. The van der Waals surface area contributed by atoms with Crippen LogP contribution in [0.2, 0.25) is 0 Å². The van der Waals surface area contributed by atoms with Gasteiger partial charge in [0.05, 0.1) is 4.90 Å². The number of H-pyrrole nitrogens is 1. The molecule has 0 spiro atoms. The van der Waals surface area contributed by atoms with Crippen molar-refractivity contribution in [2.75, 3.05) is 0 Å². The lowest BCUT2D eigenvalue weighted by atomic mass is 10.2. The summed E-state index contributed by atoms with van der Waals surface area (Å²) in [6.07, 6.45) is 2.83. The first-order chi connectivity index (χ1) is 8.12. The molecular formula is C11H18N2O4S. The predicted molar refractivity (Wildman–Crippen MR) is 66.4 cm³/mol. The van der Waals surface area contributed by atoms with Crippen LogP contribution >= 0.6 is 0 Å². The van der Waals surface area contributed by atoms with Crippen molar-refractivity contribution in [3.8, 4) is 0 Å². The summed E-state index contributed by atoms with van der Waals surface area (Å²) in [5.41, 5.74) is -0.648. The van der Waals surface area contributed by atoms with Crippen LogP contribution in [0.4, 0.5) is 0 Å². The van der Waals surface area contributed by atoms with E-state index in [0.717, 1.165) is 0 Å². The number of nitrogens with one attached hydrogen (secondary N) is 2. The molecule has 7 heteroatoms. The maximum absolute atomic E-state index is 11.8. The van der Waals surface area contributed by atoms with Crippen LogP contribution in [0.25, 0.3) is 0 Å². The van der Waals surface area contributed by atoms with E-state index in [1.54, 1.807) is 20.8 Å². The van der Waals surface area contributed by atoms with Gasteiger partial charge in [-0.15, -0.1) is 0 Å². The van der Waals surface area contributed by atoms with Gasteiger partial charge in [0.1, 0.15) is 11.6 Å². The molecule has 1 atom stereocenters. The van der Waals surface area contributed by atoms with Crippen molar-refractivity contribution in [3.63, 3.8) is 0 Å². The van der Waals surface area contributed by atoms with Gasteiger partial charge in [-0.2, -0.15) is 4.72 Å². The third-order valence-electron chi connectivity index (χ3n) is 1.97. The summed E-state index contributed by atoms with van der Waals surface area (Å²) in [5.74, 6) is -0.610. The van der Waals surface area contributed by atoms with Crippen LogP contribution in [0, 0.1) is 0 Å². The molecule has 0 saturated heterocycles. The van der Waals surface area contributed by atoms with Gasteiger partial charge in [-0.3, -0.25) is 4.79 Å². The summed E-state index contributed by atoms with van der Waals surface area (Å²) in [6.45, 7) is 6.60. The molecule has 1 heterocycles. The van der Waals surface area contributed by atoms with Gasteiger partial charge in [-0.1, -0.05) is 0 Å². The van der Waals surface area contributed by atoms with Crippen molar-refractivity contribution >= 4 is 16.0 Å². The lowest BCUT2D eigenvalue weighted by Gasteiger charge is -2.22. The second kappa shape index (κ2) is 5.11. The largest absolute Gasteiger partial charge is 0.459 e. The van der Waals surface area contributed by atoms with Gasteiger partial charge in [-0.05, 0) is 33.8 Å². The first-order valence-corrected chi connectivity index (χ1v) is 6.98. The second-order valence-electron chi connectivity index (χ2n) is 4.92. The normalized spacial score (nSPS) is 14.2. The maximum Gasteiger partial charge on any atom is 0.324 e. The highest BCUT2D eigenvalue weighted by Gasteiger charge is 2.26. The molecule has 18 heavy (non-hydrogen) atoms. The minimum absolute atomic E-state index is 0.0814. The molecule has 6 nitrogen and oxygen atoms in total. The van der Waals surface area contributed by atoms with Crippen LogP contribution in [0.1, 0.15) is 27.7 Å². The number of ether oxygens (including phenoxy) is 1. The van der Waals surface area contributed by atoms with Gasteiger partial charge in [0, 0.05) is 12.4 Å². The standard InChI is InChI=1S/C11H18N2O4S/c1-8(10(14)17-11(2,3)4)13-18(15,16)9-5-6-12-7-9/h5-8,12-13H,1-4H3/t8-/m1/s1. The number of carbonyl (C=O) groups excluding carboxylic acids is 1. The van der Waals surface area contributed by atoms with Crippen LogP contribution in [-0.2, 0) is 19.6 Å². The van der Waals surface area contributed by atoms with Crippen molar-refractivity contribution in [3.05, 3.63) is 18.5 Å². The molecule has 102 valence electrons. The van der Waals surface area contributed by atoms with Crippen LogP contribution in [0.3, 0.4) is 0 Å². The fraction of sp³-hybridized carbons (Fsp3) is 0.545. The summed E-state index contributed by atoms with van der Waals surface area (Å²) < 4.78 is 31.0. The summed E-state index contributed by atoms with van der Waals surface area (Å²) in [5, 5.41) is 0.